The van der Waals surface area contributed by atoms with Gasteiger partial charge in [-0.1, -0.05) is 34.1 Å². The molecule has 0 spiro atoms. The summed E-state index contributed by atoms with van der Waals surface area (Å²) >= 11 is 3.32. The number of benzene rings is 2. The summed E-state index contributed by atoms with van der Waals surface area (Å²) in [7, 11) is 0. The van der Waals surface area contributed by atoms with Crippen LogP contribution in [0.15, 0.2) is 80.8 Å². The number of carbonyl (C=O) groups excluding carboxylic acids is 1. The van der Waals surface area contributed by atoms with Gasteiger partial charge in [0.2, 0.25) is 0 Å². The van der Waals surface area contributed by atoms with Crippen LogP contribution in [0.2, 0.25) is 0 Å². The van der Waals surface area contributed by atoms with Gasteiger partial charge in [-0.25, -0.2) is 0 Å². The summed E-state index contributed by atoms with van der Waals surface area (Å²) < 4.78 is 0.906. The molecule has 112 valence electrons. The minimum atomic E-state index is -0.526. The normalized spacial score (nSPS) is 12.1. The first-order valence-corrected chi connectivity index (χ1v) is 7.29. The van der Waals surface area contributed by atoms with Crippen molar-refractivity contribution in [1.29, 1.82) is 0 Å². The van der Waals surface area contributed by atoms with Crippen molar-refractivity contribution in [1.82, 2.24) is 0 Å². The number of nitrogens with one attached hydrogen (secondary N) is 1. The number of azo groups is 1. The molecule has 0 unspecified atom stereocenters. The van der Waals surface area contributed by atoms with E-state index in [9.17, 15) is 9.90 Å². The number of rotatable bonds is 4. The second-order valence-electron chi connectivity index (χ2n) is 4.43. The van der Waals surface area contributed by atoms with Crippen LogP contribution in [0.25, 0.3) is 0 Å². The van der Waals surface area contributed by atoms with Crippen molar-refractivity contribution >= 4 is 33.2 Å². The molecule has 2 N–H and O–H groups in total. The molecule has 0 saturated carbocycles. The third-order valence-electron chi connectivity index (χ3n) is 2.68. The van der Waals surface area contributed by atoms with Crippen molar-refractivity contribution in [3.63, 3.8) is 0 Å². The fourth-order valence-electron chi connectivity index (χ4n) is 1.61. The van der Waals surface area contributed by atoms with Crippen LogP contribution < -0.4 is 5.32 Å². The molecule has 22 heavy (non-hydrogen) atoms. The molecule has 0 radical (unpaired) electrons. The summed E-state index contributed by atoms with van der Waals surface area (Å²) in [4.78, 5) is 12.2. The zero-order chi connectivity index (χ0) is 15.9. The van der Waals surface area contributed by atoms with E-state index >= 15 is 0 Å². The van der Waals surface area contributed by atoms with Crippen LogP contribution in [0.4, 0.5) is 11.4 Å². The van der Waals surface area contributed by atoms with Crippen LogP contribution in [-0.2, 0) is 4.79 Å². The third kappa shape index (κ3) is 4.53. The van der Waals surface area contributed by atoms with Crippen molar-refractivity contribution in [2.75, 3.05) is 5.32 Å². The average Bonchev–Trinajstić information content (AvgIpc) is 2.50. The lowest BCUT2D eigenvalue weighted by molar-refractivity contribution is -0.113. The molecule has 0 aliphatic rings. The van der Waals surface area contributed by atoms with Crippen molar-refractivity contribution in [2.45, 2.75) is 6.92 Å². The van der Waals surface area contributed by atoms with E-state index in [-0.39, 0.29) is 11.5 Å². The maximum absolute atomic E-state index is 12.2. The Labute approximate surface area is 136 Å². The molecule has 0 bridgehead atoms. The summed E-state index contributed by atoms with van der Waals surface area (Å²) in [5.41, 5.74) is 1.06. The first-order chi connectivity index (χ1) is 10.6. The fourth-order valence-corrected chi connectivity index (χ4v) is 1.87. The topological polar surface area (TPSA) is 74.0 Å². The molecule has 0 fully saturated rings. The van der Waals surface area contributed by atoms with E-state index in [1.807, 2.05) is 18.2 Å². The second-order valence-corrected chi connectivity index (χ2v) is 5.35. The first-order valence-electron chi connectivity index (χ1n) is 6.50. The quantitative estimate of drug-likeness (QED) is 0.459. The molecule has 2 rings (SSSR count). The van der Waals surface area contributed by atoms with Crippen molar-refractivity contribution < 1.29 is 9.90 Å². The van der Waals surface area contributed by atoms with E-state index in [1.165, 1.54) is 6.92 Å². The number of nitrogens with zero attached hydrogens (tertiary/aromatic N) is 2. The maximum atomic E-state index is 12.2. The van der Waals surface area contributed by atoms with E-state index in [2.05, 4.69) is 31.5 Å². The van der Waals surface area contributed by atoms with Crippen LogP contribution in [-0.4, -0.2) is 11.0 Å². The Morgan fingerprint density at radius 3 is 2.32 bits per heavy atom. The highest BCUT2D eigenvalue weighted by atomic mass is 79.9. The number of anilines is 1. The molecule has 6 heteroatoms. The lowest BCUT2D eigenvalue weighted by atomic mass is 10.3. The van der Waals surface area contributed by atoms with E-state index in [0.717, 1.165) is 4.47 Å². The lowest BCUT2D eigenvalue weighted by Crippen LogP contribution is -2.14. The van der Waals surface area contributed by atoms with Crippen molar-refractivity contribution in [3.8, 4) is 0 Å². The van der Waals surface area contributed by atoms with Gasteiger partial charge in [0.15, 0.2) is 5.70 Å². The predicted molar refractivity (Wildman–Crippen MR) is 89.1 cm³/mol. The number of aliphatic hydroxyl groups excluding tert-OH is 1. The molecule has 0 heterocycles. The lowest BCUT2D eigenvalue weighted by Gasteiger charge is -2.05. The van der Waals surface area contributed by atoms with Crippen LogP contribution >= 0.6 is 15.9 Å². The molecule has 2 aromatic rings. The number of hydrogen-bond acceptors (Lipinski definition) is 4. The van der Waals surface area contributed by atoms with Crippen LogP contribution in [0.1, 0.15) is 6.92 Å². The van der Waals surface area contributed by atoms with Gasteiger partial charge in [-0.3, -0.25) is 4.79 Å². The van der Waals surface area contributed by atoms with Gasteiger partial charge in [-0.2, -0.15) is 5.11 Å². The Kier molecular flexibility index (Phi) is 5.43. The van der Waals surface area contributed by atoms with Gasteiger partial charge in [-0.05, 0) is 43.3 Å². The van der Waals surface area contributed by atoms with Gasteiger partial charge < -0.3 is 10.4 Å². The Morgan fingerprint density at radius 2 is 1.73 bits per heavy atom. The highest BCUT2D eigenvalue weighted by molar-refractivity contribution is 9.10. The van der Waals surface area contributed by atoms with Gasteiger partial charge in [0, 0.05) is 10.2 Å². The first kappa shape index (κ1) is 15.9. The standard InChI is InChI=1S/C16H14BrN3O2/c1-11(21)15(20-19-14-5-3-2-4-6-14)16(22)18-13-9-7-12(17)8-10-13/h2-10,21H,1H3,(H,18,22)/b15-11+,20-19?. The number of hydrogen-bond donors (Lipinski definition) is 2. The van der Waals surface area contributed by atoms with Crippen molar-refractivity contribution in [2.24, 2.45) is 10.2 Å². The molecule has 0 aromatic heterocycles. The summed E-state index contributed by atoms with van der Waals surface area (Å²) in [6, 6.07) is 16.1. The summed E-state index contributed by atoms with van der Waals surface area (Å²) in [6.07, 6.45) is 0. The average molecular weight is 360 g/mol. The molecule has 0 aliphatic carbocycles. The largest absolute Gasteiger partial charge is 0.510 e. The molecular weight excluding hydrogens is 346 g/mol. The summed E-state index contributed by atoms with van der Waals surface area (Å²) in [6.45, 7) is 1.39. The molecular formula is C16H14BrN3O2. The molecule has 1 amide bonds. The van der Waals surface area contributed by atoms with E-state index in [4.69, 9.17) is 0 Å². The zero-order valence-corrected chi connectivity index (χ0v) is 13.4. The highest BCUT2D eigenvalue weighted by Gasteiger charge is 2.13. The Bertz CT molecular complexity index is 706. The molecule has 0 aliphatic heterocycles. The predicted octanol–water partition coefficient (Wildman–Crippen LogP) is 4.96. The molecule has 0 saturated heterocycles. The number of amides is 1. The number of aliphatic hydroxyl groups is 1. The van der Waals surface area contributed by atoms with Crippen LogP contribution in [0.3, 0.4) is 0 Å². The van der Waals surface area contributed by atoms with Gasteiger partial charge in [-0.15, -0.1) is 5.11 Å². The number of carbonyl (C=O) groups is 1. The van der Waals surface area contributed by atoms with Crippen molar-refractivity contribution in [3.05, 3.63) is 70.5 Å². The Morgan fingerprint density at radius 1 is 1.09 bits per heavy atom. The summed E-state index contributed by atoms with van der Waals surface area (Å²) in [5, 5.41) is 20.1. The third-order valence-corrected chi connectivity index (χ3v) is 3.21. The summed E-state index contributed by atoms with van der Waals surface area (Å²) in [5.74, 6) is -0.726. The maximum Gasteiger partial charge on any atom is 0.279 e. The smallest absolute Gasteiger partial charge is 0.279 e. The Hall–Kier alpha value is -2.47. The molecule has 0 atom stereocenters. The zero-order valence-electron chi connectivity index (χ0n) is 11.8. The number of halogens is 1. The fraction of sp³-hybridized carbons (Fsp3) is 0.0625. The van der Waals surface area contributed by atoms with Gasteiger partial charge >= 0.3 is 0 Å². The van der Waals surface area contributed by atoms with E-state index in [1.54, 1.807) is 36.4 Å². The Balaban J connectivity index is 2.15. The minimum Gasteiger partial charge on any atom is -0.510 e. The number of allylic oxidation sites excluding steroid dienone is 1. The van der Waals surface area contributed by atoms with Crippen LogP contribution in [0, 0.1) is 0 Å². The minimum absolute atomic E-state index is 0.133. The second kappa shape index (κ2) is 7.51. The van der Waals surface area contributed by atoms with E-state index in [0.29, 0.717) is 11.4 Å². The van der Waals surface area contributed by atoms with Gasteiger partial charge in [0.05, 0.1) is 5.69 Å². The SMILES string of the molecule is C/C(O)=C(\N=Nc1ccccc1)C(=O)Nc1ccc(Br)cc1. The van der Waals surface area contributed by atoms with E-state index < -0.39 is 5.91 Å². The molecule has 5 nitrogen and oxygen atoms in total. The van der Waals surface area contributed by atoms with Gasteiger partial charge in [0.25, 0.3) is 5.91 Å². The highest BCUT2D eigenvalue weighted by Crippen LogP contribution is 2.17. The molecule has 2 aromatic carbocycles. The van der Waals surface area contributed by atoms with Gasteiger partial charge in [0.1, 0.15) is 5.76 Å². The monoisotopic (exact) mass is 359 g/mol. The van der Waals surface area contributed by atoms with Crippen LogP contribution in [0.5, 0.6) is 0 Å².